The minimum Gasteiger partial charge on any atom is -0.481 e. The second kappa shape index (κ2) is 9.72. The normalized spacial score (nSPS) is 21.2. The molecule has 7 heteroatoms. The minimum atomic E-state index is -0.931. The van der Waals surface area contributed by atoms with Crippen LogP contribution in [-0.2, 0) is 14.3 Å². The van der Waals surface area contributed by atoms with Crippen molar-refractivity contribution in [3.63, 3.8) is 0 Å². The Morgan fingerprint density at radius 2 is 1.66 bits per heavy atom. The maximum absolute atomic E-state index is 12.7. The summed E-state index contributed by atoms with van der Waals surface area (Å²) in [6.07, 6.45) is 1.64. The summed E-state index contributed by atoms with van der Waals surface area (Å²) >= 11 is 0. The summed E-state index contributed by atoms with van der Waals surface area (Å²) in [7, 11) is 0. The van der Waals surface area contributed by atoms with E-state index in [0.29, 0.717) is 12.8 Å². The highest BCUT2D eigenvalue weighted by Crippen LogP contribution is 2.44. The molecule has 186 valence electrons. The van der Waals surface area contributed by atoms with Crippen LogP contribution < -0.4 is 10.6 Å². The highest BCUT2D eigenvalue weighted by molar-refractivity contribution is 5.81. The van der Waals surface area contributed by atoms with E-state index in [2.05, 4.69) is 34.9 Å². The number of carbonyl (C=O) groups excluding carboxylic acids is 2. The molecule has 3 N–H and O–H groups in total. The van der Waals surface area contributed by atoms with E-state index in [1.54, 1.807) is 6.92 Å². The Labute approximate surface area is 206 Å². The van der Waals surface area contributed by atoms with Gasteiger partial charge in [-0.15, -0.1) is 0 Å². The summed E-state index contributed by atoms with van der Waals surface area (Å²) in [6, 6.07) is 16.0. The number of alkyl carbamates (subject to hydrolysis) is 1. The molecule has 0 spiro atoms. The Morgan fingerprint density at radius 3 is 2.26 bits per heavy atom. The third-order valence-electron chi connectivity index (χ3n) is 7.48. The lowest BCUT2D eigenvalue weighted by Gasteiger charge is -2.30. The van der Waals surface area contributed by atoms with Gasteiger partial charge >= 0.3 is 12.1 Å². The van der Waals surface area contributed by atoms with E-state index in [1.165, 1.54) is 11.1 Å². The Bertz CT molecular complexity index is 1080. The zero-order valence-corrected chi connectivity index (χ0v) is 20.6. The number of benzene rings is 2. The molecule has 0 bridgehead atoms. The van der Waals surface area contributed by atoms with Crippen LogP contribution in [0.1, 0.15) is 63.5 Å². The first-order chi connectivity index (χ1) is 16.6. The number of amides is 2. The molecule has 0 aliphatic heterocycles. The maximum Gasteiger partial charge on any atom is 0.407 e. The highest BCUT2D eigenvalue weighted by Gasteiger charge is 2.46. The van der Waals surface area contributed by atoms with Gasteiger partial charge in [-0.2, -0.15) is 0 Å². The molecule has 0 aromatic heterocycles. The standard InChI is InChI=1S/C28H34N2O5/c1-27(2,15-24(31)30-23-13-8-14-28(23,3)25(32)33)17-29-26(34)35-16-22-20-11-6-4-9-18(20)19-10-5-7-12-21(19)22/h4-7,9-12,22-23H,8,13-17H2,1-3H3,(H,29,34)(H,30,31)(H,32,33). The highest BCUT2D eigenvalue weighted by atomic mass is 16.5. The van der Waals surface area contributed by atoms with Crippen LogP contribution in [0.5, 0.6) is 0 Å². The number of carbonyl (C=O) groups is 3. The zero-order valence-electron chi connectivity index (χ0n) is 20.6. The van der Waals surface area contributed by atoms with E-state index in [1.807, 2.05) is 38.1 Å². The summed E-state index contributed by atoms with van der Waals surface area (Å²) in [5, 5.41) is 15.3. The number of hydrogen-bond acceptors (Lipinski definition) is 4. The zero-order chi connectivity index (χ0) is 25.2. The van der Waals surface area contributed by atoms with E-state index in [0.717, 1.165) is 17.5 Å². The molecule has 35 heavy (non-hydrogen) atoms. The van der Waals surface area contributed by atoms with Gasteiger partial charge in [-0.1, -0.05) is 68.8 Å². The maximum atomic E-state index is 12.7. The molecule has 2 aromatic carbocycles. The summed E-state index contributed by atoms with van der Waals surface area (Å²) in [5.74, 6) is -1.10. The fourth-order valence-corrected chi connectivity index (χ4v) is 5.36. The fourth-order valence-electron chi connectivity index (χ4n) is 5.36. The SMILES string of the molecule is CC(C)(CNC(=O)OCC1c2ccccc2-c2ccccc21)CC(=O)NC1CCCC1(C)C(=O)O. The summed E-state index contributed by atoms with van der Waals surface area (Å²) in [4.78, 5) is 36.8. The first kappa shape index (κ1) is 24.8. The lowest BCUT2D eigenvalue weighted by atomic mass is 9.84. The minimum absolute atomic E-state index is 0.0121. The predicted molar refractivity (Wildman–Crippen MR) is 133 cm³/mol. The van der Waals surface area contributed by atoms with Crippen LogP contribution in [0, 0.1) is 10.8 Å². The van der Waals surface area contributed by atoms with Gasteiger partial charge in [0.2, 0.25) is 5.91 Å². The summed E-state index contributed by atoms with van der Waals surface area (Å²) < 4.78 is 5.59. The van der Waals surface area contributed by atoms with Crippen molar-refractivity contribution in [1.82, 2.24) is 10.6 Å². The smallest absolute Gasteiger partial charge is 0.407 e. The van der Waals surface area contributed by atoms with Crippen LogP contribution in [0.4, 0.5) is 4.79 Å². The van der Waals surface area contributed by atoms with Crippen molar-refractivity contribution < 1.29 is 24.2 Å². The van der Waals surface area contributed by atoms with Crippen LogP contribution in [0.25, 0.3) is 11.1 Å². The van der Waals surface area contributed by atoms with Crippen LogP contribution in [0.3, 0.4) is 0 Å². The van der Waals surface area contributed by atoms with Crippen LogP contribution in [0.2, 0.25) is 0 Å². The second-order valence-electron chi connectivity index (χ2n) is 10.8. The number of carboxylic acid groups (broad SMARTS) is 1. The third kappa shape index (κ3) is 5.19. The molecule has 4 rings (SSSR count). The molecule has 0 heterocycles. The largest absolute Gasteiger partial charge is 0.481 e. The van der Waals surface area contributed by atoms with Gasteiger partial charge in [-0.3, -0.25) is 9.59 Å². The Kier molecular flexibility index (Phi) is 6.88. The van der Waals surface area contributed by atoms with Crippen molar-refractivity contribution in [3.8, 4) is 11.1 Å². The van der Waals surface area contributed by atoms with Crippen molar-refractivity contribution in [3.05, 3.63) is 59.7 Å². The van der Waals surface area contributed by atoms with Crippen LogP contribution in [-0.4, -0.2) is 42.3 Å². The molecular formula is C28H34N2O5. The number of aliphatic carboxylic acids is 1. The Hall–Kier alpha value is -3.35. The van der Waals surface area contributed by atoms with Gasteiger partial charge in [-0.05, 0) is 47.4 Å². The van der Waals surface area contributed by atoms with E-state index in [9.17, 15) is 19.5 Å². The second-order valence-corrected chi connectivity index (χ2v) is 10.8. The molecule has 2 aliphatic carbocycles. The van der Waals surface area contributed by atoms with Crippen LogP contribution in [0.15, 0.2) is 48.5 Å². The van der Waals surface area contributed by atoms with E-state index >= 15 is 0 Å². The molecule has 2 aromatic rings. The Morgan fingerprint density at radius 1 is 1.06 bits per heavy atom. The van der Waals surface area contributed by atoms with Gasteiger partial charge < -0.3 is 20.5 Å². The monoisotopic (exact) mass is 478 g/mol. The number of fused-ring (bicyclic) bond motifs is 3. The van der Waals surface area contributed by atoms with Crippen molar-refractivity contribution in [2.75, 3.05) is 13.2 Å². The summed E-state index contributed by atoms with van der Waals surface area (Å²) in [5.41, 5.74) is 3.20. The average Bonchev–Trinajstić information content (AvgIpc) is 3.34. The van der Waals surface area contributed by atoms with E-state index < -0.39 is 22.9 Å². The Balaban J connectivity index is 1.28. The van der Waals surface area contributed by atoms with Crippen molar-refractivity contribution in [2.45, 2.75) is 58.4 Å². The van der Waals surface area contributed by atoms with E-state index in [4.69, 9.17) is 4.74 Å². The molecule has 1 fully saturated rings. The van der Waals surface area contributed by atoms with Gasteiger partial charge in [0, 0.05) is 24.9 Å². The lowest BCUT2D eigenvalue weighted by molar-refractivity contribution is -0.149. The van der Waals surface area contributed by atoms with Gasteiger partial charge in [-0.25, -0.2) is 4.79 Å². The molecule has 2 unspecified atom stereocenters. The molecule has 2 atom stereocenters. The van der Waals surface area contributed by atoms with Gasteiger partial charge in [0.15, 0.2) is 0 Å². The average molecular weight is 479 g/mol. The fraction of sp³-hybridized carbons (Fsp3) is 0.464. The van der Waals surface area contributed by atoms with Gasteiger partial charge in [0.25, 0.3) is 0 Å². The topological polar surface area (TPSA) is 105 Å². The first-order valence-corrected chi connectivity index (χ1v) is 12.2. The number of hydrogen-bond donors (Lipinski definition) is 3. The van der Waals surface area contributed by atoms with Crippen molar-refractivity contribution in [1.29, 1.82) is 0 Å². The molecule has 7 nitrogen and oxygen atoms in total. The first-order valence-electron chi connectivity index (χ1n) is 12.2. The molecular weight excluding hydrogens is 444 g/mol. The van der Waals surface area contributed by atoms with Crippen LogP contribution >= 0.6 is 0 Å². The number of nitrogens with one attached hydrogen (secondary N) is 2. The van der Waals surface area contributed by atoms with Crippen molar-refractivity contribution in [2.24, 2.45) is 10.8 Å². The number of ether oxygens (including phenoxy) is 1. The van der Waals surface area contributed by atoms with Crippen molar-refractivity contribution >= 4 is 18.0 Å². The third-order valence-corrected chi connectivity index (χ3v) is 7.48. The van der Waals surface area contributed by atoms with E-state index in [-0.39, 0.29) is 37.4 Å². The quantitative estimate of drug-likeness (QED) is 0.510. The number of carboxylic acids is 1. The van der Waals surface area contributed by atoms with Gasteiger partial charge in [0.1, 0.15) is 6.61 Å². The molecule has 0 radical (unpaired) electrons. The van der Waals surface area contributed by atoms with Gasteiger partial charge in [0.05, 0.1) is 5.41 Å². The molecule has 0 saturated heterocycles. The molecule has 2 aliphatic rings. The molecule has 2 amide bonds. The predicted octanol–water partition coefficient (Wildman–Crippen LogP) is 4.70. The summed E-state index contributed by atoms with van der Waals surface area (Å²) in [6.45, 7) is 5.97. The number of rotatable bonds is 8. The molecule has 1 saturated carbocycles. The lowest BCUT2D eigenvalue weighted by Crippen LogP contribution is -2.48.